The third-order valence-corrected chi connectivity index (χ3v) is 7.72. The van der Waals surface area contributed by atoms with Gasteiger partial charge in [0.05, 0.1) is 0 Å². The largest absolute Gasteiger partial charge is 1.00 e. The molecule has 0 radical (unpaired) electrons. The van der Waals surface area contributed by atoms with Crippen LogP contribution in [0.5, 0.6) is 0 Å². The molecule has 43 heavy (non-hydrogen) atoms. The zero-order valence-electron chi connectivity index (χ0n) is 26.7. The van der Waals surface area contributed by atoms with Crippen LogP contribution < -0.4 is 56.7 Å². The number of allylic oxidation sites excluding steroid dienone is 10. The first-order valence-electron chi connectivity index (χ1n) is 16.5. The van der Waals surface area contributed by atoms with Gasteiger partial charge in [0.25, 0.3) is 0 Å². The van der Waals surface area contributed by atoms with Crippen molar-refractivity contribution in [3.63, 3.8) is 0 Å². The molecule has 0 unspecified atom stereocenters. The van der Waals surface area contributed by atoms with Gasteiger partial charge in [0, 0.05) is 38.3 Å². The average molecular weight is 618 g/mol. The summed E-state index contributed by atoms with van der Waals surface area (Å²) in [7, 11) is 0. The van der Waals surface area contributed by atoms with Crippen molar-refractivity contribution in [2.24, 2.45) is 0 Å². The third kappa shape index (κ3) is 22.6. The molecule has 2 aliphatic rings. The molecule has 0 aromatic carbocycles. The van der Waals surface area contributed by atoms with E-state index in [4.69, 9.17) is 5.11 Å². The van der Waals surface area contributed by atoms with Crippen molar-refractivity contribution in [3.8, 4) is 0 Å². The summed E-state index contributed by atoms with van der Waals surface area (Å²) in [5.74, 6) is -0.449. The maximum atomic E-state index is 12.0. The molecule has 0 atom stereocenters. The maximum absolute atomic E-state index is 12.0. The van der Waals surface area contributed by atoms with E-state index in [1.54, 1.807) is 12.2 Å². The van der Waals surface area contributed by atoms with Gasteiger partial charge >= 0.3 is 57.4 Å². The number of carbonyl (C=O) groups is 3. The van der Waals surface area contributed by atoms with Crippen molar-refractivity contribution in [2.45, 2.75) is 122 Å². The number of carboxylic acid groups (broad SMARTS) is 1. The van der Waals surface area contributed by atoms with Crippen LogP contribution >= 0.6 is 0 Å². The molecule has 7 heteroatoms. The van der Waals surface area contributed by atoms with Crippen LogP contribution in [0.15, 0.2) is 72.2 Å². The normalized spacial score (nSPS) is 13.8. The number of aliphatic carboxylic acids is 1. The van der Waals surface area contributed by atoms with Gasteiger partial charge in [-0.05, 0) is 61.1 Å². The number of unbranched alkanes of at least 4 members (excludes halogenated alkanes) is 15. The fourth-order valence-corrected chi connectivity index (χ4v) is 5.10. The summed E-state index contributed by atoms with van der Waals surface area (Å²) in [6.07, 6.45) is 40.1. The van der Waals surface area contributed by atoms with E-state index in [0.29, 0.717) is 12.8 Å². The van der Waals surface area contributed by atoms with Crippen molar-refractivity contribution in [2.75, 3.05) is 13.1 Å². The number of amides is 1. The van der Waals surface area contributed by atoms with Crippen LogP contribution in [0.2, 0.25) is 0 Å². The molecule has 0 bridgehead atoms. The SMILES string of the molecule is O=C1C=CC(=CC=C2C=CN(CCCCCCCCCCC(=O)NCCCCCCCCCCCC(=O)O)C=C2)C=C1.[K+]. The summed E-state index contributed by atoms with van der Waals surface area (Å²) in [4.78, 5) is 35.9. The zero-order valence-corrected chi connectivity index (χ0v) is 29.9. The number of hydrogen-bond donors (Lipinski definition) is 2. The molecular weight excluding hydrogens is 564 g/mol. The monoisotopic (exact) mass is 617 g/mol. The molecular formula is C36H54KN2O4+. The van der Waals surface area contributed by atoms with Crippen LogP contribution in [-0.4, -0.2) is 40.8 Å². The van der Waals surface area contributed by atoms with Crippen molar-refractivity contribution in [1.29, 1.82) is 0 Å². The number of carbonyl (C=O) groups excluding carboxylic acids is 2. The summed E-state index contributed by atoms with van der Waals surface area (Å²) in [5, 5.41) is 11.7. The van der Waals surface area contributed by atoms with Gasteiger partial charge < -0.3 is 15.3 Å². The number of hydrogen-bond acceptors (Lipinski definition) is 4. The van der Waals surface area contributed by atoms with E-state index in [0.717, 1.165) is 62.8 Å². The average Bonchev–Trinajstić information content (AvgIpc) is 2.98. The van der Waals surface area contributed by atoms with Gasteiger partial charge in [-0.25, -0.2) is 0 Å². The fourth-order valence-electron chi connectivity index (χ4n) is 5.10. The first-order chi connectivity index (χ1) is 20.5. The minimum absolute atomic E-state index is 0. The van der Waals surface area contributed by atoms with Gasteiger partial charge in [0.15, 0.2) is 5.78 Å². The molecule has 1 aliphatic carbocycles. The third-order valence-electron chi connectivity index (χ3n) is 7.72. The van der Waals surface area contributed by atoms with Crippen LogP contribution in [0.4, 0.5) is 0 Å². The number of ketones is 1. The van der Waals surface area contributed by atoms with Crippen LogP contribution in [0.25, 0.3) is 0 Å². The van der Waals surface area contributed by atoms with Crippen molar-refractivity contribution in [1.82, 2.24) is 10.2 Å². The number of rotatable bonds is 24. The van der Waals surface area contributed by atoms with E-state index >= 15 is 0 Å². The summed E-state index contributed by atoms with van der Waals surface area (Å²) in [6.45, 7) is 1.84. The number of nitrogens with zero attached hydrogens (tertiary/aromatic N) is 1. The van der Waals surface area contributed by atoms with E-state index in [1.165, 1.54) is 70.6 Å². The molecule has 1 aliphatic heterocycles. The maximum Gasteiger partial charge on any atom is 1.00 e. The second kappa shape index (κ2) is 26.9. The van der Waals surface area contributed by atoms with Gasteiger partial charge in [-0.1, -0.05) is 108 Å². The molecule has 0 saturated heterocycles. The van der Waals surface area contributed by atoms with E-state index in [1.807, 2.05) is 18.2 Å². The summed E-state index contributed by atoms with van der Waals surface area (Å²) < 4.78 is 0. The Labute approximate surface area is 303 Å². The molecule has 1 amide bonds. The summed E-state index contributed by atoms with van der Waals surface area (Å²) >= 11 is 0. The molecule has 1 heterocycles. The van der Waals surface area contributed by atoms with Crippen LogP contribution in [0, 0.1) is 0 Å². The molecule has 6 nitrogen and oxygen atoms in total. The Morgan fingerprint density at radius 1 is 0.605 bits per heavy atom. The molecule has 2 rings (SSSR count). The van der Waals surface area contributed by atoms with Gasteiger partial charge in [0.2, 0.25) is 5.91 Å². The van der Waals surface area contributed by atoms with Gasteiger partial charge in [-0.2, -0.15) is 0 Å². The van der Waals surface area contributed by atoms with Crippen LogP contribution in [0.3, 0.4) is 0 Å². The molecule has 0 saturated carbocycles. The Bertz CT molecular complexity index is 959. The second-order valence-electron chi connectivity index (χ2n) is 11.5. The van der Waals surface area contributed by atoms with Crippen molar-refractivity contribution in [3.05, 3.63) is 72.2 Å². The first-order valence-corrected chi connectivity index (χ1v) is 16.5. The molecule has 0 spiro atoms. The van der Waals surface area contributed by atoms with Crippen molar-refractivity contribution < 1.29 is 70.9 Å². The van der Waals surface area contributed by atoms with E-state index in [9.17, 15) is 14.4 Å². The Hall–Kier alpha value is -1.51. The smallest absolute Gasteiger partial charge is 0.481 e. The van der Waals surface area contributed by atoms with E-state index in [2.05, 4.69) is 40.8 Å². The van der Waals surface area contributed by atoms with Crippen molar-refractivity contribution >= 4 is 17.7 Å². The van der Waals surface area contributed by atoms with E-state index < -0.39 is 5.97 Å². The second-order valence-corrected chi connectivity index (χ2v) is 11.5. The summed E-state index contributed by atoms with van der Waals surface area (Å²) in [6, 6.07) is 0. The number of nitrogens with one attached hydrogen (secondary N) is 1. The zero-order chi connectivity index (χ0) is 30.1. The Morgan fingerprint density at radius 3 is 1.58 bits per heavy atom. The minimum Gasteiger partial charge on any atom is -0.481 e. The molecule has 232 valence electrons. The molecule has 2 N–H and O–H groups in total. The molecule has 0 fully saturated rings. The predicted molar refractivity (Wildman–Crippen MR) is 173 cm³/mol. The summed E-state index contributed by atoms with van der Waals surface area (Å²) in [5.41, 5.74) is 2.18. The minimum atomic E-state index is -0.689. The van der Waals surface area contributed by atoms with Gasteiger partial charge in [-0.15, -0.1) is 0 Å². The van der Waals surface area contributed by atoms with Crippen LogP contribution in [-0.2, 0) is 14.4 Å². The Morgan fingerprint density at radius 2 is 1.05 bits per heavy atom. The fraction of sp³-hybridized carbons (Fsp3) is 0.583. The Balaban J connectivity index is 0.00000924. The topological polar surface area (TPSA) is 86.7 Å². The van der Waals surface area contributed by atoms with Gasteiger partial charge in [0.1, 0.15) is 0 Å². The van der Waals surface area contributed by atoms with Crippen LogP contribution in [0.1, 0.15) is 122 Å². The van der Waals surface area contributed by atoms with Gasteiger partial charge in [-0.3, -0.25) is 14.4 Å². The molecule has 0 aromatic rings. The predicted octanol–water partition coefficient (Wildman–Crippen LogP) is 5.49. The standard InChI is InChI=1S/C36H54N2O4.K/c39-34-24-22-32(23-25-34)20-21-33-26-30-38(31-27-33)29-17-13-9-5-3-6-10-14-18-35(40)37-28-16-12-8-4-1-2-7-11-15-19-36(41)42;/h20-27,30-31H,1-19,28-29H2,(H,37,40)(H,41,42);/q;+1. The quantitative estimate of drug-likeness (QED) is 0.110. The molecule has 0 aromatic heterocycles. The first kappa shape index (κ1) is 39.5. The van der Waals surface area contributed by atoms with E-state index in [-0.39, 0.29) is 63.1 Å². The number of carboxylic acids is 1. The Kier molecular flexibility index (Phi) is 24.7.